The van der Waals surface area contributed by atoms with E-state index in [1.54, 1.807) is 18.2 Å². The Bertz CT molecular complexity index is 1020. The van der Waals surface area contributed by atoms with E-state index in [4.69, 9.17) is 0 Å². The third-order valence-corrected chi connectivity index (χ3v) is 7.11. The number of aryl methyl sites for hydroxylation is 2. The molecule has 0 bridgehead atoms. The van der Waals surface area contributed by atoms with Gasteiger partial charge in [0.05, 0.1) is 23.1 Å². The summed E-state index contributed by atoms with van der Waals surface area (Å²) in [6.07, 6.45) is 4.02. The lowest BCUT2D eigenvalue weighted by molar-refractivity contribution is 0.0658. The number of piperidine rings is 1. The SMILES string of the molecule is CCCn1cc(C(=O)N2CCC[C@H]([C@@H]3Nc4ccccc4S(=O)(=O)N3)C2)c(C)n1. The molecule has 2 N–H and O–H groups in total. The second-order valence-electron chi connectivity index (χ2n) is 7.78. The molecule has 9 heteroatoms. The van der Waals surface area contributed by atoms with Gasteiger partial charge in [0, 0.05) is 31.7 Å². The van der Waals surface area contributed by atoms with Crippen LogP contribution in [0, 0.1) is 12.8 Å². The molecule has 0 saturated carbocycles. The van der Waals surface area contributed by atoms with Gasteiger partial charge in [0.25, 0.3) is 5.91 Å². The minimum atomic E-state index is -3.57. The molecule has 0 radical (unpaired) electrons. The lowest BCUT2D eigenvalue weighted by Crippen LogP contribution is -2.54. The maximum absolute atomic E-state index is 13.1. The van der Waals surface area contributed by atoms with Gasteiger partial charge in [-0.15, -0.1) is 0 Å². The number of benzene rings is 1. The molecule has 1 fully saturated rings. The van der Waals surface area contributed by atoms with Crippen molar-refractivity contribution in [3.63, 3.8) is 0 Å². The molecule has 2 aliphatic rings. The molecule has 2 atom stereocenters. The van der Waals surface area contributed by atoms with Crippen molar-refractivity contribution in [1.82, 2.24) is 19.4 Å². The van der Waals surface area contributed by atoms with Crippen molar-refractivity contribution in [3.05, 3.63) is 41.7 Å². The number of sulfonamides is 1. The highest BCUT2D eigenvalue weighted by atomic mass is 32.2. The zero-order valence-corrected chi connectivity index (χ0v) is 17.6. The molecule has 2 aromatic rings. The monoisotopic (exact) mass is 417 g/mol. The highest BCUT2D eigenvalue weighted by Gasteiger charge is 2.37. The van der Waals surface area contributed by atoms with Gasteiger partial charge in [0.2, 0.25) is 10.0 Å². The van der Waals surface area contributed by atoms with Crippen LogP contribution in [-0.2, 0) is 16.6 Å². The lowest BCUT2D eigenvalue weighted by Gasteiger charge is -2.39. The predicted octanol–water partition coefficient (Wildman–Crippen LogP) is 2.18. The van der Waals surface area contributed by atoms with E-state index < -0.39 is 16.2 Å². The molecule has 3 heterocycles. The smallest absolute Gasteiger partial charge is 0.257 e. The van der Waals surface area contributed by atoms with Crippen molar-refractivity contribution in [2.45, 2.75) is 50.7 Å². The van der Waals surface area contributed by atoms with E-state index in [0.717, 1.165) is 31.5 Å². The summed E-state index contributed by atoms with van der Waals surface area (Å²) in [7, 11) is -3.57. The van der Waals surface area contributed by atoms with E-state index in [1.807, 2.05) is 28.8 Å². The summed E-state index contributed by atoms with van der Waals surface area (Å²) in [6.45, 7) is 5.88. The van der Waals surface area contributed by atoms with Crippen LogP contribution in [0.3, 0.4) is 0 Å². The number of nitrogens with zero attached hydrogens (tertiary/aromatic N) is 3. The Balaban J connectivity index is 1.51. The van der Waals surface area contributed by atoms with Crippen LogP contribution in [0.2, 0.25) is 0 Å². The van der Waals surface area contributed by atoms with Crippen LogP contribution in [0.25, 0.3) is 0 Å². The van der Waals surface area contributed by atoms with Gasteiger partial charge in [-0.2, -0.15) is 9.82 Å². The fourth-order valence-corrected chi connectivity index (χ4v) is 5.56. The van der Waals surface area contributed by atoms with Crippen LogP contribution in [0.15, 0.2) is 35.4 Å². The number of hydrogen-bond acceptors (Lipinski definition) is 5. The maximum atomic E-state index is 13.1. The average molecular weight is 418 g/mol. The molecule has 2 aliphatic heterocycles. The van der Waals surface area contributed by atoms with Crippen LogP contribution in [0.5, 0.6) is 0 Å². The normalized spacial score (nSPS) is 23.3. The Morgan fingerprint density at radius 2 is 2.10 bits per heavy atom. The van der Waals surface area contributed by atoms with Gasteiger partial charge in [-0.05, 0) is 38.3 Å². The van der Waals surface area contributed by atoms with E-state index in [0.29, 0.717) is 24.3 Å². The molecular weight excluding hydrogens is 390 g/mol. The van der Waals surface area contributed by atoms with Crippen molar-refractivity contribution >= 4 is 21.6 Å². The number of carbonyl (C=O) groups is 1. The maximum Gasteiger partial charge on any atom is 0.257 e. The first-order valence-electron chi connectivity index (χ1n) is 10.1. The number of anilines is 1. The lowest BCUT2D eigenvalue weighted by atomic mass is 9.94. The Morgan fingerprint density at radius 3 is 2.90 bits per heavy atom. The second kappa shape index (κ2) is 7.79. The molecule has 29 heavy (non-hydrogen) atoms. The standard InChI is InChI=1S/C20H27N5O3S/c1-3-10-25-13-16(14(2)22-25)20(26)24-11-6-7-15(12-24)19-21-17-8-4-5-9-18(17)29(27,28)23-19/h4-5,8-9,13,15,19,21,23H,3,6-7,10-12H2,1-2H3/t15-,19+/m0/s1. The van der Waals surface area contributed by atoms with Crippen molar-refractivity contribution in [2.75, 3.05) is 18.4 Å². The summed E-state index contributed by atoms with van der Waals surface area (Å²) < 4.78 is 29.8. The van der Waals surface area contributed by atoms with Crippen LogP contribution in [0.4, 0.5) is 5.69 Å². The molecule has 1 aromatic carbocycles. The quantitative estimate of drug-likeness (QED) is 0.795. The number of fused-ring (bicyclic) bond motifs is 1. The molecule has 1 saturated heterocycles. The summed E-state index contributed by atoms with van der Waals surface area (Å²) in [5, 5.41) is 7.74. The Hall–Kier alpha value is -2.39. The van der Waals surface area contributed by atoms with Crippen LogP contribution >= 0.6 is 0 Å². The van der Waals surface area contributed by atoms with Gasteiger partial charge in [-0.25, -0.2) is 8.42 Å². The predicted molar refractivity (Wildman–Crippen MR) is 110 cm³/mol. The fraction of sp³-hybridized carbons (Fsp3) is 0.500. The first kappa shape index (κ1) is 19.9. The highest BCUT2D eigenvalue weighted by Crippen LogP contribution is 2.30. The number of amides is 1. The molecule has 0 spiro atoms. The molecular formula is C20H27N5O3S. The summed E-state index contributed by atoms with van der Waals surface area (Å²) in [5.41, 5.74) is 1.97. The zero-order chi connectivity index (χ0) is 20.6. The molecule has 4 rings (SSSR count). The van der Waals surface area contributed by atoms with Gasteiger partial charge < -0.3 is 10.2 Å². The van der Waals surface area contributed by atoms with E-state index in [2.05, 4.69) is 22.1 Å². The van der Waals surface area contributed by atoms with Crippen molar-refractivity contribution in [2.24, 2.45) is 5.92 Å². The highest BCUT2D eigenvalue weighted by molar-refractivity contribution is 7.89. The average Bonchev–Trinajstić information content (AvgIpc) is 3.07. The number of hydrogen-bond donors (Lipinski definition) is 2. The van der Waals surface area contributed by atoms with Gasteiger partial charge in [0.15, 0.2) is 0 Å². The molecule has 156 valence electrons. The minimum absolute atomic E-state index is 0.0122. The number of likely N-dealkylation sites (tertiary alicyclic amines) is 1. The van der Waals surface area contributed by atoms with Gasteiger partial charge >= 0.3 is 0 Å². The van der Waals surface area contributed by atoms with Gasteiger partial charge in [0.1, 0.15) is 4.90 Å². The summed E-state index contributed by atoms with van der Waals surface area (Å²) in [4.78, 5) is 15.2. The van der Waals surface area contributed by atoms with E-state index in [9.17, 15) is 13.2 Å². The van der Waals surface area contributed by atoms with E-state index in [1.165, 1.54) is 0 Å². The number of para-hydroxylation sites is 1. The Morgan fingerprint density at radius 1 is 1.31 bits per heavy atom. The minimum Gasteiger partial charge on any atom is -0.368 e. The molecule has 0 aliphatic carbocycles. The van der Waals surface area contributed by atoms with Crippen LogP contribution in [-0.4, -0.2) is 48.3 Å². The third kappa shape index (κ3) is 3.89. The zero-order valence-electron chi connectivity index (χ0n) is 16.8. The largest absolute Gasteiger partial charge is 0.368 e. The van der Waals surface area contributed by atoms with Crippen molar-refractivity contribution in [1.29, 1.82) is 0 Å². The molecule has 8 nitrogen and oxygen atoms in total. The number of aromatic nitrogens is 2. The van der Waals surface area contributed by atoms with Crippen molar-refractivity contribution < 1.29 is 13.2 Å². The second-order valence-corrected chi connectivity index (χ2v) is 9.47. The van der Waals surface area contributed by atoms with Crippen molar-refractivity contribution in [3.8, 4) is 0 Å². The van der Waals surface area contributed by atoms with E-state index in [-0.39, 0.29) is 16.7 Å². The number of carbonyl (C=O) groups excluding carboxylic acids is 1. The Labute approximate surface area is 171 Å². The molecule has 1 aromatic heterocycles. The third-order valence-electron chi connectivity index (χ3n) is 5.62. The van der Waals surface area contributed by atoms with Gasteiger partial charge in [-0.3, -0.25) is 9.48 Å². The molecule has 0 unspecified atom stereocenters. The number of nitrogens with one attached hydrogen (secondary N) is 2. The number of rotatable bonds is 4. The first-order chi connectivity index (χ1) is 13.9. The molecule has 1 amide bonds. The van der Waals surface area contributed by atoms with E-state index >= 15 is 0 Å². The first-order valence-corrected chi connectivity index (χ1v) is 11.6. The van der Waals surface area contributed by atoms with Crippen LogP contribution in [0.1, 0.15) is 42.2 Å². The summed E-state index contributed by atoms with van der Waals surface area (Å²) in [6, 6.07) is 6.89. The Kier molecular flexibility index (Phi) is 5.35. The topological polar surface area (TPSA) is 96.3 Å². The summed E-state index contributed by atoms with van der Waals surface area (Å²) >= 11 is 0. The summed E-state index contributed by atoms with van der Waals surface area (Å²) in [5.74, 6) is -0.0459. The van der Waals surface area contributed by atoms with Gasteiger partial charge in [-0.1, -0.05) is 19.1 Å². The van der Waals surface area contributed by atoms with Crippen LogP contribution < -0.4 is 10.0 Å². The fourth-order valence-electron chi connectivity index (χ4n) is 4.17.